The number of aliphatic hydroxyl groups is 2. The molecule has 17 aliphatic rings. The van der Waals surface area contributed by atoms with E-state index in [1.165, 1.54) is 0 Å². The first kappa shape index (κ1) is 54.6. The molecule has 17 heterocycles. The van der Waals surface area contributed by atoms with Crippen molar-refractivity contribution >= 4 is 5.97 Å². The molecule has 13 unspecified atom stereocenters. The van der Waals surface area contributed by atoms with Gasteiger partial charge in [0.15, 0.2) is 17.4 Å². The van der Waals surface area contributed by atoms with E-state index in [1.807, 2.05) is 0 Å². The molecule has 17 fully saturated rings. The molecule has 32 atom stereocenters. The summed E-state index contributed by atoms with van der Waals surface area (Å²) in [5.41, 5.74) is 1.36. The minimum absolute atomic E-state index is 0.0145. The lowest BCUT2D eigenvalue weighted by atomic mass is 9.78. The zero-order valence-corrected chi connectivity index (χ0v) is 47.8. The van der Waals surface area contributed by atoms with E-state index in [9.17, 15) is 15.0 Å². The lowest BCUT2D eigenvalue weighted by Gasteiger charge is -2.54. The Balaban J connectivity index is 0.627. The molecular weight excluding hydrogens is 1050 g/mol. The molecule has 0 aromatic rings. The molecule has 0 aromatic carbocycles. The highest BCUT2D eigenvalue weighted by Gasteiger charge is 2.70. The van der Waals surface area contributed by atoms with Crippen LogP contribution in [0.3, 0.4) is 0 Å². The Labute approximate surface area is 475 Å². The molecule has 0 aliphatic carbocycles. The third kappa shape index (κ3) is 9.22. The number of hydrogen-bond donors (Lipinski definition) is 2. The highest BCUT2D eigenvalue weighted by atomic mass is 16.8. The van der Waals surface area contributed by atoms with E-state index in [-0.39, 0.29) is 165 Å². The molecule has 3 spiro atoms. The first-order chi connectivity index (χ1) is 39.0. The minimum Gasteiger partial charge on any atom is -0.459 e. The molecule has 17 saturated heterocycles. The van der Waals surface area contributed by atoms with Crippen molar-refractivity contribution in [1.29, 1.82) is 0 Å². The summed E-state index contributed by atoms with van der Waals surface area (Å²) >= 11 is 0. The van der Waals surface area contributed by atoms with Gasteiger partial charge in [0, 0.05) is 83.2 Å². The van der Waals surface area contributed by atoms with Crippen LogP contribution < -0.4 is 0 Å². The maximum absolute atomic E-state index is 14.6. The summed E-state index contributed by atoms with van der Waals surface area (Å²) in [5.74, 6) is -2.62. The molecule has 81 heavy (non-hydrogen) atoms. The number of esters is 1. The second-order valence-electron chi connectivity index (χ2n) is 28.6. The molecule has 12 bridgehead atoms. The van der Waals surface area contributed by atoms with E-state index in [0.717, 1.165) is 49.7 Å². The number of rotatable bonds is 3. The van der Waals surface area contributed by atoms with Crippen molar-refractivity contribution in [3.63, 3.8) is 0 Å². The number of fused-ring (bicyclic) bond motifs is 11. The van der Waals surface area contributed by atoms with Gasteiger partial charge in [0.1, 0.15) is 36.6 Å². The fourth-order valence-corrected chi connectivity index (χ4v) is 19.2. The summed E-state index contributed by atoms with van der Waals surface area (Å²) < 4.78 is 111. The summed E-state index contributed by atoms with van der Waals surface area (Å²) in [6, 6.07) is 0. The third-order valence-corrected chi connectivity index (χ3v) is 23.0. The van der Waals surface area contributed by atoms with Crippen molar-refractivity contribution < 1.29 is 90.8 Å². The Bertz CT molecular complexity index is 2450. The Morgan fingerprint density at radius 2 is 1.10 bits per heavy atom. The number of carbonyl (C=O) groups excluding carboxylic acids is 1. The van der Waals surface area contributed by atoms with E-state index in [4.69, 9.17) is 75.8 Å². The van der Waals surface area contributed by atoms with Crippen molar-refractivity contribution in [2.45, 2.75) is 319 Å². The molecular formula is C62H88O19. The van der Waals surface area contributed by atoms with Gasteiger partial charge in [0.2, 0.25) is 0 Å². The number of hydrogen-bond acceptors (Lipinski definition) is 19. The van der Waals surface area contributed by atoms with Gasteiger partial charge >= 0.3 is 5.97 Å². The van der Waals surface area contributed by atoms with Crippen LogP contribution in [0.5, 0.6) is 0 Å². The Morgan fingerprint density at radius 3 is 1.95 bits per heavy atom. The van der Waals surface area contributed by atoms with Crippen LogP contribution in [-0.4, -0.2) is 199 Å². The summed E-state index contributed by atoms with van der Waals surface area (Å²) in [6.07, 6.45) is 5.74. The molecule has 0 aromatic heterocycles. The van der Waals surface area contributed by atoms with Gasteiger partial charge in [-0.25, -0.2) is 0 Å². The smallest absolute Gasteiger partial charge is 0.308 e. The SMILES string of the molecule is C=C1C[C@@H]2CC[C@@]34CC5OC6C(OC7CCC(CC(=O)OC8C(C[C@H]9O[C@@H](CCC1O2)C[C@@H](C)C9=C)O[C@H]1C[C@H]2O[C@@]9(CC%10O[C@]%11(C[C@H](C)C%12OC%13C[C@](CO)(CCO)O[C@@H]%13CC%12O%11)C[C@H](C)C%10O9)C[C@H]2O[C@H]1[C@@H]8C)O[C@@H]7[C@@H]6O3)[C@@H]5O4. The van der Waals surface area contributed by atoms with Crippen molar-refractivity contribution in [2.24, 2.45) is 23.7 Å². The van der Waals surface area contributed by atoms with E-state index in [2.05, 4.69) is 40.9 Å². The average Bonchev–Trinajstić information content (AvgIpc) is 4.41. The quantitative estimate of drug-likeness (QED) is 0.256. The van der Waals surface area contributed by atoms with E-state index in [1.54, 1.807) is 0 Å². The van der Waals surface area contributed by atoms with Gasteiger partial charge in [0.25, 0.3) is 0 Å². The van der Waals surface area contributed by atoms with Crippen LogP contribution in [-0.2, 0) is 80.6 Å². The first-order valence-corrected chi connectivity index (χ1v) is 31.8. The van der Waals surface area contributed by atoms with Crippen LogP contribution in [0.15, 0.2) is 24.3 Å². The Kier molecular flexibility index (Phi) is 13.6. The van der Waals surface area contributed by atoms with E-state index in [0.29, 0.717) is 77.0 Å². The molecule has 2 N–H and O–H groups in total. The monoisotopic (exact) mass is 1140 g/mol. The lowest BCUT2D eigenvalue weighted by molar-refractivity contribution is -0.369. The molecule has 17 rings (SSSR count). The fraction of sp³-hybridized carbons (Fsp3) is 0.919. The number of ether oxygens (including phenoxy) is 16. The van der Waals surface area contributed by atoms with Crippen molar-refractivity contribution in [3.05, 3.63) is 24.3 Å². The van der Waals surface area contributed by atoms with Crippen LogP contribution in [0.1, 0.15) is 150 Å². The van der Waals surface area contributed by atoms with Crippen molar-refractivity contribution in [1.82, 2.24) is 0 Å². The fourth-order valence-electron chi connectivity index (χ4n) is 19.2. The topological polar surface area (TPSA) is 205 Å². The molecule has 19 nitrogen and oxygen atoms in total. The predicted molar refractivity (Wildman–Crippen MR) is 281 cm³/mol. The van der Waals surface area contributed by atoms with Crippen LogP contribution in [0.4, 0.5) is 0 Å². The zero-order chi connectivity index (χ0) is 55.1. The van der Waals surface area contributed by atoms with Gasteiger partial charge in [-0.15, -0.1) is 0 Å². The summed E-state index contributed by atoms with van der Waals surface area (Å²) in [5, 5.41) is 20.1. The maximum Gasteiger partial charge on any atom is 0.308 e. The molecule has 0 radical (unpaired) electrons. The van der Waals surface area contributed by atoms with Crippen LogP contribution in [0, 0.1) is 23.7 Å². The van der Waals surface area contributed by atoms with Gasteiger partial charge < -0.3 is 86.0 Å². The van der Waals surface area contributed by atoms with Crippen LogP contribution in [0.25, 0.3) is 0 Å². The summed E-state index contributed by atoms with van der Waals surface area (Å²) in [4.78, 5) is 14.6. The normalized spacial score (nSPS) is 58.9. The summed E-state index contributed by atoms with van der Waals surface area (Å²) in [6.45, 7) is 17.7. The van der Waals surface area contributed by atoms with E-state index >= 15 is 0 Å². The van der Waals surface area contributed by atoms with Gasteiger partial charge in [-0.1, -0.05) is 40.9 Å². The predicted octanol–water partition coefficient (Wildman–Crippen LogP) is 5.72. The summed E-state index contributed by atoms with van der Waals surface area (Å²) in [7, 11) is 0. The molecule has 450 valence electrons. The maximum atomic E-state index is 14.6. The minimum atomic E-state index is -0.910. The number of aliphatic hydroxyl groups excluding tert-OH is 2. The second kappa shape index (κ2) is 20.2. The highest BCUT2D eigenvalue weighted by molar-refractivity contribution is 5.70. The van der Waals surface area contributed by atoms with E-state index < -0.39 is 53.5 Å². The highest BCUT2D eigenvalue weighted by Crippen LogP contribution is 2.58. The van der Waals surface area contributed by atoms with Gasteiger partial charge in [-0.3, -0.25) is 4.79 Å². The van der Waals surface area contributed by atoms with Crippen molar-refractivity contribution in [3.8, 4) is 0 Å². The molecule has 17 aliphatic heterocycles. The van der Waals surface area contributed by atoms with Gasteiger partial charge in [0.05, 0.1) is 129 Å². The Morgan fingerprint density at radius 1 is 0.457 bits per heavy atom. The average molecular weight is 1140 g/mol. The standard InChI is InChI=1S/C62H88O19/c1-28-15-34-7-9-37-29(2)16-36(66-37)11-12-60-25-47-55(80-60)56-57(73-47)58(81-60)54-38(70-56)10-8-35(68-54)17-49(65)74-53-33(6)52-43(69-42(53)18-39(67-34)32(28)5)19-41-46(72-52)24-62(76-41)26-48-51(79-62)31(4)22-61(78-48)21-30(3)50-44(77-61)20-40-45(71-50)23-59(27-64,75-40)13-14-63/h28,30-31,33-48,50-58,63-64H,2,5,7-27H2,1,3-4,6H3/t28-,30+,31+,33+,34+,35?,36+,37?,38?,39-,40-,41-,42?,43+,44?,45?,46-,47?,48?,50?,51?,52+,53?,54+,55-,56?,57?,58+,59+,60+,61-,62+/m1/s1. The van der Waals surface area contributed by atoms with Crippen LogP contribution >= 0.6 is 0 Å². The van der Waals surface area contributed by atoms with Gasteiger partial charge in [-0.05, 0) is 73.8 Å². The second-order valence-corrected chi connectivity index (χ2v) is 28.6. The van der Waals surface area contributed by atoms with Crippen molar-refractivity contribution in [2.75, 3.05) is 13.2 Å². The number of carbonyl (C=O) groups is 1. The van der Waals surface area contributed by atoms with Crippen LogP contribution in [0.2, 0.25) is 0 Å². The molecule has 0 saturated carbocycles. The molecule has 0 amide bonds. The third-order valence-electron chi connectivity index (χ3n) is 23.0. The first-order valence-electron chi connectivity index (χ1n) is 31.8. The lowest BCUT2D eigenvalue weighted by Crippen LogP contribution is -2.62. The van der Waals surface area contributed by atoms with Gasteiger partial charge in [-0.2, -0.15) is 0 Å². The zero-order valence-electron chi connectivity index (χ0n) is 47.8. The largest absolute Gasteiger partial charge is 0.459 e. The molecule has 19 heteroatoms. The Hall–Kier alpha value is -1.73.